The highest BCUT2D eigenvalue weighted by Crippen LogP contribution is 2.26. The molecular weight excluding hydrogens is 300 g/mol. The third-order valence-electron chi connectivity index (χ3n) is 3.10. The lowest BCUT2D eigenvalue weighted by atomic mass is 10.2. The number of amides is 1. The number of hydrogen-bond donors (Lipinski definition) is 3. The molecule has 0 spiro atoms. The van der Waals surface area contributed by atoms with Crippen LogP contribution in [0.1, 0.15) is 23.8 Å². The number of halogens is 1. The minimum atomic E-state index is -0.713. The summed E-state index contributed by atoms with van der Waals surface area (Å²) < 4.78 is 6.08. The summed E-state index contributed by atoms with van der Waals surface area (Å²) in [6, 6.07) is 3.50. The van der Waals surface area contributed by atoms with Crippen LogP contribution in [0.2, 0.25) is 4.34 Å². The summed E-state index contributed by atoms with van der Waals surface area (Å²) >= 11 is 7.11. The van der Waals surface area contributed by atoms with Gasteiger partial charge in [-0.05, 0) is 25.0 Å². The van der Waals surface area contributed by atoms with Crippen molar-refractivity contribution in [1.29, 1.82) is 0 Å². The van der Waals surface area contributed by atoms with Crippen LogP contribution in [0.15, 0.2) is 12.1 Å². The number of hydrogen-bond acceptors (Lipinski definition) is 5. The Labute approximate surface area is 127 Å². The largest absolute Gasteiger partial charge is 0.386 e. The summed E-state index contributed by atoms with van der Waals surface area (Å²) in [4.78, 5) is 12.4. The first-order chi connectivity index (χ1) is 9.65. The second kappa shape index (κ2) is 7.95. The van der Waals surface area contributed by atoms with Crippen LogP contribution < -0.4 is 10.6 Å². The van der Waals surface area contributed by atoms with Crippen molar-refractivity contribution in [1.82, 2.24) is 10.6 Å². The third-order valence-corrected chi connectivity index (χ3v) is 4.43. The lowest BCUT2D eigenvalue weighted by molar-refractivity contribution is -0.120. The SMILES string of the molecule is O=C(CNCC1CCCO1)NCC(O)c1ccc(Cl)s1. The summed E-state index contributed by atoms with van der Waals surface area (Å²) in [6.07, 6.45) is 1.65. The van der Waals surface area contributed by atoms with Crippen LogP contribution in [0.4, 0.5) is 0 Å². The Balaban J connectivity index is 1.59. The molecule has 1 aliphatic heterocycles. The molecule has 20 heavy (non-hydrogen) atoms. The van der Waals surface area contributed by atoms with Gasteiger partial charge in [0.25, 0.3) is 0 Å². The average molecular weight is 319 g/mol. The van der Waals surface area contributed by atoms with Gasteiger partial charge in [-0.1, -0.05) is 11.6 Å². The fourth-order valence-electron chi connectivity index (χ4n) is 2.03. The third kappa shape index (κ3) is 5.03. The quantitative estimate of drug-likeness (QED) is 0.709. The molecule has 1 saturated heterocycles. The molecule has 0 radical (unpaired) electrons. The molecule has 2 unspecified atom stereocenters. The van der Waals surface area contributed by atoms with Crippen LogP contribution in [0.3, 0.4) is 0 Å². The lowest BCUT2D eigenvalue weighted by Crippen LogP contribution is -2.38. The summed E-state index contributed by atoms with van der Waals surface area (Å²) in [7, 11) is 0. The second-order valence-corrected chi connectivity index (χ2v) is 6.47. The fourth-order valence-corrected chi connectivity index (χ4v) is 3.08. The van der Waals surface area contributed by atoms with Crippen molar-refractivity contribution in [2.24, 2.45) is 0 Å². The highest BCUT2D eigenvalue weighted by Gasteiger charge is 2.15. The van der Waals surface area contributed by atoms with Gasteiger partial charge in [0.1, 0.15) is 6.10 Å². The van der Waals surface area contributed by atoms with Crippen molar-refractivity contribution in [3.8, 4) is 0 Å². The van der Waals surface area contributed by atoms with E-state index in [9.17, 15) is 9.90 Å². The van der Waals surface area contributed by atoms with Crippen molar-refractivity contribution in [3.05, 3.63) is 21.3 Å². The molecule has 1 aliphatic rings. The van der Waals surface area contributed by atoms with Crippen LogP contribution in [-0.2, 0) is 9.53 Å². The van der Waals surface area contributed by atoms with E-state index in [4.69, 9.17) is 16.3 Å². The van der Waals surface area contributed by atoms with E-state index in [2.05, 4.69) is 10.6 Å². The predicted octanol–water partition coefficient (Wildman–Crippen LogP) is 1.32. The normalized spacial score (nSPS) is 20.0. The van der Waals surface area contributed by atoms with Crippen molar-refractivity contribution < 1.29 is 14.6 Å². The Morgan fingerprint density at radius 1 is 1.60 bits per heavy atom. The zero-order chi connectivity index (χ0) is 14.4. The molecule has 7 heteroatoms. The highest BCUT2D eigenvalue weighted by atomic mass is 35.5. The Morgan fingerprint density at radius 3 is 3.10 bits per heavy atom. The van der Waals surface area contributed by atoms with Gasteiger partial charge in [0, 0.05) is 24.6 Å². The van der Waals surface area contributed by atoms with Crippen LogP contribution >= 0.6 is 22.9 Å². The molecular formula is C13H19ClN2O3S. The van der Waals surface area contributed by atoms with E-state index in [0.717, 1.165) is 24.3 Å². The minimum absolute atomic E-state index is 0.135. The van der Waals surface area contributed by atoms with Gasteiger partial charge in [-0.15, -0.1) is 11.3 Å². The molecule has 2 rings (SSSR count). The molecule has 3 N–H and O–H groups in total. The molecule has 0 aliphatic carbocycles. The van der Waals surface area contributed by atoms with Crippen molar-refractivity contribution >= 4 is 28.8 Å². The first kappa shape index (κ1) is 15.7. The van der Waals surface area contributed by atoms with Crippen LogP contribution in [0.5, 0.6) is 0 Å². The number of nitrogens with one attached hydrogen (secondary N) is 2. The summed E-state index contributed by atoms with van der Waals surface area (Å²) in [6.45, 7) is 1.93. The first-order valence-electron chi connectivity index (χ1n) is 6.67. The highest BCUT2D eigenvalue weighted by molar-refractivity contribution is 7.16. The van der Waals surface area contributed by atoms with Gasteiger partial charge in [0.2, 0.25) is 5.91 Å². The molecule has 2 atom stereocenters. The summed E-state index contributed by atoms with van der Waals surface area (Å²) in [5.41, 5.74) is 0. The Hall–Kier alpha value is -0.660. The molecule has 1 aromatic heterocycles. The van der Waals surface area contributed by atoms with E-state index >= 15 is 0 Å². The van der Waals surface area contributed by atoms with E-state index in [1.165, 1.54) is 11.3 Å². The van der Waals surface area contributed by atoms with Gasteiger partial charge in [-0.2, -0.15) is 0 Å². The maximum absolute atomic E-state index is 11.6. The lowest BCUT2D eigenvalue weighted by Gasteiger charge is -2.12. The topological polar surface area (TPSA) is 70.6 Å². The molecule has 1 amide bonds. The van der Waals surface area contributed by atoms with Crippen LogP contribution in [0, 0.1) is 0 Å². The van der Waals surface area contributed by atoms with Gasteiger partial charge in [-0.25, -0.2) is 0 Å². The predicted molar refractivity (Wildman–Crippen MR) is 79.1 cm³/mol. The Bertz CT molecular complexity index is 435. The van der Waals surface area contributed by atoms with E-state index in [0.29, 0.717) is 10.9 Å². The van der Waals surface area contributed by atoms with Crippen LogP contribution in [-0.4, -0.2) is 43.4 Å². The van der Waals surface area contributed by atoms with Crippen molar-refractivity contribution in [2.75, 3.05) is 26.2 Å². The molecule has 1 aromatic rings. The molecule has 0 saturated carbocycles. The van der Waals surface area contributed by atoms with Gasteiger partial charge in [0.05, 0.1) is 17.0 Å². The Kier molecular flexibility index (Phi) is 6.25. The van der Waals surface area contributed by atoms with Crippen molar-refractivity contribution in [2.45, 2.75) is 25.0 Å². The van der Waals surface area contributed by atoms with Gasteiger partial charge >= 0.3 is 0 Å². The number of thiophene rings is 1. The monoisotopic (exact) mass is 318 g/mol. The van der Waals surface area contributed by atoms with Crippen molar-refractivity contribution in [3.63, 3.8) is 0 Å². The minimum Gasteiger partial charge on any atom is -0.386 e. The maximum atomic E-state index is 11.6. The number of aliphatic hydroxyl groups excluding tert-OH is 1. The fraction of sp³-hybridized carbons (Fsp3) is 0.615. The van der Waals surface area contributed by atoms with E-state index in [1.807, 2.05) is 0 Å². The number of carbonyl (C=O) groups excluding carboxylic acids is 1. The molecule has 0 aromatic carbocycles. The summed E-state index contributed by atoms with van der Waals surface area (Å²) in [5.74, 6) is -0.135. The molecule has 112 valence electrons. The number of aliphatic hydroxyl groups is 1. The number of ether oxygens (including phenoxy) is 1. The zero-order valence-corrected chi connectivity index (χ0v) is 12.7. The van der Waals surface area contributed by atoms with Gasteiger partial charge in [0.15, 0.2) is 0 Å². The molecule has 1 fully saturated rings. The van der Waals surface area contributed by atoms with Gasteiger partial charge < -0.3 is 20.5 Å². The summed E-state index contributed by atoms with van der Waals surface area (Å²) in [5, 5.41) is 15.6. The van der Waals surface area contributed by atoms with E-state index < -0.39 is 6.10 Å². The average Bonchev–Trinajstić information content (AvgIpc) is 3.07. The molecule has 0 bridgehead atoms. The molecule has 2 heterocycles. The number of rotatable bonds is 7. The number of carbonyl (C=O) groups is 1. The maximum Gasteiger partial charge on any atom is 0.234 e. The van der Waals surface area contributed by atoms with E-state index in [1.54, 1.807) is 12.1 Å². The Morgan fingerprint density at radius 2 is 2.45 bits per heavy atom. The first-order valence-corrected chi connectivity index (χ1v) is 7.87. The smallest absolute Gasteiger partial charge is 0.234 e. The van der Waals surface area contributed by atoms with E-state index in [-0.39, 0.29) is 25.1 Å². The van der Waals surface area contributed by atoms with Crippen LogP contribution in [0.25, 0.3) is 0 Å². The zero-order valence-electron chi connectivity index (χ0n) is 11.1. The second-order valence-electron chi connectivity index (χ2n) is 4.73. The standard InChI is InChI=1S/C13H19ClN2O3S/c14-12-4-3-11(20-12)10(17)7-16-13(18)8-15-6-9-2-1-5-19-9/h3-4,9-10,15,17H,1-2,5-8H2,(H,16,18). The molecule has 5 nitrogen and oxygen atoms in total. The van der Waals surface area contributed by atoms with Gasteiger partial charge in [-0.3, -0.25) is 4.79 Å².